The molecule has 0 unspecified atom stereocenters. The lowest BCUT2D eigenvalue weighted by Gasteiger charge is -1.99. The van der Waals surface area contributed by atoms with Crippen molar-refractivity contribution in [2.24, 2.45) is 0 Å². The van der Waals surface area contributed by atoms with E-state index in [0.29, 0.717) is 5.52 Å². The average Bonchev–Trinajstić information content (AvgIpc) is 2.76. The molecule has 0 bridgehead atoms. The normalized spacial score (nSPS) is 10.9. The number of benzene rings is 2. The maximum absolute atomic E-state index is 11.2. The molecule has 20 heavy (non-hydrogen) atoms. The van der Waals surface area contributed by atoms with Crippen molar-refractivity contribution in [1.29, 1.82) is 0 Å². The summed E-state index contributed by atoms with van der Waals surface area (Å²) in [7, 11) is 0. The number of hydrogen-bond acceptors (Lipinski definition) is 2. The number of non-ortho nitro benzene ring substituents is 1. The third-order valence-corrected chi connectivity index (χ3v) is 3.55. The second-order valence-electron chi connectivity index (χ2n) is 4.95. The van der Waals surface area contributed by atoms with E-state index in [-0.39, 0.29) is 10.6 Å². The molecular weight excluding hydrogens is 252 g/mol. The van der Waals surface area contributed by atoms with Gasteiger partial charge in [-0.2, -0.15) is 0 Å². The Kier molecular flexibility index (Phi) is 2.79. The van der Waals surface area contributed by atoms with Crippen LogP contribution in [0.5, 0.6) is 0 Å². The third-order valence-electron chi connectivity index (χ3n) is 3.55. The Morgan fingerprint density at radius 3 is 2.45 bits per heavy atom. The number of aryl methyl sites for hydroxylation is 2. The van der Waals surface area contributed by atoms with E-state index in [2.05, 4.69) is 4.98 Å². The van der Waals surface area contributed by atoms with Crippen LogP contribution in [0.2, 0.25) is 0 Å². The van der Waals surface area contributed by atoms with Crippen LogP contribution in [0.1, 0.15) is 11.1 Å². The number of fused-ring (bicyclic) bond motifs is 1. The molecule has 1 N–H and O–H groups in total. The predicted molar refractivity (Wildman–Crippen MR) is 79.9 cm³/mol. The first-order valence-corrected chi connectivity index (χ1v) is 6.40. The molecule has 0 spiro atoms. The van der Waals surface area contributed by atoms with Gasteiger partial charge in [-0.15, -0.1) is 0 Å². The van der Waals surface area contributed by atoms with Crippen LogP contribution < -0.4 is 0 Å². The number of nitrogens with zero attached hydrogens (tertiary/aromatic N) is 1. The monoisotopic (exact) mass is 266 g/mol. The fourth-order valence-electron chi connectivity index (χ4n) is 2.59. The van der Waals surface area contributed by atoms with E-state index >= 15 is 0 Å². The number of nitro groups is 1. The van der Waals surface area contributed by atoms with E-state index in [1.54, 1.807) is 6.07 Å². The van der Waals surface area contributed by atoms with Gasteiger partial charge in [0.05, 0.1) is 4.92 Å². The van der Waals surface area contributed by atoms with Crippen LogP contribution in [0.15, 0.2) is 42.5 Å². The maximum atomic E-state index is 11.2. The maximum Gasteiger partial charge on any atom is 0.293 e. The van der Waals surface area contributed by atoms with Gasteiger partial charge >= 0.3 is 0 Å². The first-order chi connectivity index (χ1) is 9.58. The topological polar surface area (TPSA) is 58.9 Å². The molecule has 4 heteroatoms. The largest absolute Gasteiger partial charge is 0.349 e. The fourth-order valence-corrected chi connectivity index (χ4v) is 2.59. The zero-order chi connectivity index (χ0) is 14.3. The Labute approximate surface area is 116 Å². The van der Waals surface area contributed by atoms with E-state index in [4.69, 9.17) is 0 Å². The highest BCUT2D eigenvalue weighted by Gasteiger charge is 2.18. The van der Waals surface area contributed by atoms with Crippen LogP contribution in [0.3, 0.4) is 0 Å². The molecule has 3 aromatic rings. The van der Waals surface area contributed by atoms with E-state index in [0.717, 1.165) is 27.8 Å². The molecule has 0 saturated heterocycles. The van der Waals surface area contributed by atoms with Gasteiger partial charge in [0.25, 0.3) is 5.69 Å². The fraction of sp³-hybridized carbons (Fsp3) is 0.125. The summed E-state index contributed by atoms with van der Waals surface area (Å²) in [4.78, 5) is 14.1. The van der Waals surface area contributed by atoms with Gasteiger partial charge in [0.1, 0.15) is 5.52 Å². The van der Waals surface area contributed by atoms with Crippen molar-refractivity contribution in [2.45, 2.75) is 13.8 Å². The van der Waals surface area contributed by atoms with Gasteiger partial charge in [-0.1, -0.05) is 30.3 Å². The van der Waals surface area contributed by atoms with Crippen LogP contribution in [0.4, 0.5) is 5.69 Å². The molecule has 0 saturated carbocycles. The molecule has 0 radical (unpaired) electrons. The standard InChI is InChI=1S/C16H14N2O2/c1-10-8-13-11(2)15(12-6-4-3-5-7-12)17-16(13)14(9-10)18(19)20/h3-9,17H,1-2H3. The quantitative estimate of drug-likeness (QED) is 0.553. The number of nitro benzene ring substituents is 1. The molecule has 0 fully saturated rings. The minimum Gasteiger partial charge on any atom is -0.349 e. The molecule has 100 valence electrons. The smallest absolute Gasteiger partial charge is 0.293 e. The summed E-state index contributed by atoms with van der Waals surface area (Å²) in [6, 6.07) is 13.5. The van der Waals surface area contributed by atoms with Crippen molar-refractivity contribution in [3.63, 3.8) is 0 Å². The highest BCUT2D eigenvalue weighted by atomic mass is 16.6. The Hall–Kier alpha value is -2.62. The van der Waals surface area contributed by atoms with E-state index in [9.17, 15) is 10.1 Å². The molecule has 1 heterocycles. The zero-order valence-corrected chi connectivity index (χ0v) is 11.3. The van der Waals surface area contributed by atoms with Gasteiger partial charge < -0.3 is 4.98 Å². The Balaban J connectivity index is 2.35. The minimum absolute atomic E-state index is 0.130. The van der Waals surface area contributed by atoms with Crippen molar-refractivity contribution < 1.29 is 4.92 Å². The Morgan fingerprint density at radius 2 is 1.80 bits per heavy atom. The number of aromatic amines is 1. The molecular formula is C16H14N2O2. The third kappa shape index (κ3) is 1.86. The van der Waals surface area contributed by atoms with E-state index in [1.807, 2.05) is 50.2 Å². The minimum atomic E-state index is -0.333. The zero-order valence-electron chi connectivity index (χ0n) is 11.3. The van der Waals surface area contributed by atoms with Crippen molar-refractivity contribution >= 4 is 16.6 Å². The lowest BCUT2D eigenvalue weighted by atomic mass is 10.0. The Morgan fingerprint density at radius 1 is 1.10 bits per heavy atom. The number of H-pyrrole nitrogens is 1. The van der Waals surface area contributed by atoms with Crippen molar-refractivity contribution in [2.75, 3.05) is 0 Å². The van der Waals surface area contributed by atoms with E-state index in [1.165, 1.54) is 0 Å². The summed E-state index contributed by atoms with van der Waals surface area (Å²) < 4.78 is 0. The van der Waals surface area contributed by atoms with E-state index < -0.39 is 0 Å². The van der Waals surface area contributed by atoms with Crippen LogP contribution in [-0.4, -0.2) is 9.91 Å². The summed E-state index contributed by atoms with van der Waals surface area (Å²) in [5, 5.41) is 12.1. The lowest BCUT2D eigenvalue weighted by molar-refractivity contribution is -0.383. The van der Waals surface area contributed by atoms with Crippen LogP contribution >= 0.6 is 0 Å². The molecule has 3 rings (SSSR count). The van der Waals surface area contributed by atoms with Crippen LogP contribution in [-0.2, 0) is 0 Å². The van der Waals surface area contributed by atoms with Gasteiger partial charge in [-0.05, 0) is 36.6 Å². The summed E-state index contributed by atoms with van der Waals surface area (Å²) in [6.07, 6.45) is 0. The summed E-state index contributed by atoms with van der Waals surface area (Å²) >= 11 is 0. The second kappa shape index (κ2) is 4.49. The van der Waals surface area contributed by atoms with Gasteiger partial charge in [0, 0.05) is 17.1 Å². The van der Waals surface area contributed by atoms with Crippen molar-refractivity contribution in [3.8, 4) is 11.3 Å². The highest BCUT2D eigenvalue weighted by Crippen LogP contribution is 2.34. The summed E-state index contributed by atoms with van der Waals surface area (Å²) in [5.41, 5.74) is 4.63. The number of nitrogens with one attached hydrogen (secondary N) is 1. The van der Waals surface area contributed by atoms with Gasteiger partial charge in [-0.3, -0.25) is 10.1 Å². The molecule has 1 aromatic heterocycles. The summed E-state index contributed by atoms with van der Waals surface area (Å²) in [5.74, 6) is 0. The Bertz CT molecular complexity index is 804. The SMILES string of the molecule is Cc1cc([N+](=O)[O-])c2[nH]c(-c3ccccc3)c(C)c2c1. The molecule has 0 aliphatic carbocycles. The van der Waals surface area contributed by atoms with Gasteiger partial charge in [0.15, 0.2) is 0 Å². The number of rotatable bonds is 2. The first kappa shape index (κ1) is 12.4. The lowest BCUT2D eigenvalue weighted by Crippen LogP contribution is -1.90. The van der Waals surface area contributed by atoms with Crippen molar-refractivity contribution in [3.05, 3.63) is 63.7 Å². The highest BCUT2D eigenvalue weighted by molar-refractivity contribution is 5.96. The molecule has 0 aliphatic heterocycles. The van der Waals surface area contributed by atoms with Gasteiger partial charge in [-0.25, -0.2) is 0 Å². The molecule has 4 nitrogen and oxygen atoms in total. The molecule has 0 atom stereocenters. The van der Waals surface area contributed by atoms with Crippen molar-refractivity contribution in [1.82, 2.24) is 4.98 Å². The number of aromatic nitrogens is 1. The second-order valence-corrected chi connectivity index (χ2v) is 4.95. The molecule has 2 aromatic carbocycles. The predicted octanol–water partition coefficient (Wildman–Crippen LogP) is 4.36. The average molecular weight is 266 g/mol. The molecule has 0 aliphatic rings. The summed E-state index contributed by atoms with van der Waals surface area (Å²) in [6.45, 7) is 3.87. The van der Waals surface area contributed by atoms with Gasteiger partial charge in [0.2, 0.25) is 0 Å². The molecule has 0 amide bonds. The first-order valence-electron chi connectivity index (χ1n) is 6.40. The number of hydrogen-bond donors (Lipinski definition) is 1. The van der Waals surface area contributed by atoms with Crippen LogP contribution in [0, 0.1) is 24.0 Å². The van der Waals surface area contributed by atoms with Crippen LogP contribution in [0.25, 0.3) is 22.2 Å².